The summed E-state index contributed by atoms with van der Waals surface area (Å²) in [5, 5.41) is 6.08. The van der Waals surface area contributed by atoms with E-state index in [-0.39, 0.29) is 5.82 Å². The van der Waals surface area contributed by atoms with Crippen molar-refractivity contribution in [2.24, 2.45) is 0 Å². The average Bonchev–Trinajstić information content (AvgIpc) is 2.28. The number of ether oxygens (including phenoxy) is 1. The third kappa shape index (κ3) is 7.22. The Kier molecular flexibility index (Phi) is 6.38. The average molecular weight is 375 g/mol. The Labute approximate surface area is 139 Å². The van der Waals surface area contributed by atoms with Crippen LogP contribution in [0.4, 0.5) is 9.18 Å². The number of carbonyl (C=O) groups excluding carboxylic acids is 1. The van der Waals surface area contributed by atoms with Gasteiger partial charge in [-0.1, -0.05) is 22.0 Å². The molecule has 0 radical (unpaired) electrons. The summed E-state index contributed by atoms with van der Waals surface area (Å²) in [6, 6.07) is 4.58. The number of rotatable bonds is 5. The molecule has 124 valence electrons. The summed E-state index contributed by atoms with van der Waals surface area (Å²) in [5.41, 5.74) is -0.0315. The molecule has 0 bridgehead atoms. The van der Waals surface area contributed by atoms with Gasteiger partial charge in [-0.2, -0.15) is 0 Å². The predicted molar refractivity (Wildman–Crippen MR) is 89.3 cm³/mol. The molecule has 1 aromatic rings. The lowest BCUT2D eigenvalue weighted by Crippen LogP contribution is -2.51. The molecule has 0 saturated heterocycles. The molecular formula is C16H24BrFN2O2. The van der Waals surface area contributed by atoms with Crippen LogP contribution in [-0.4, -0.2) is 23.8 Å². The number of carbonyl (C=O) groups is 1. The Bertz CT molecular complexity index is 527. The highest BCUT2D eigenvalue weighted by molar-refractivity contribution is 9.10. The molecule has 0 heterocycles. The van der Waals surface area contributed by atoms with Crippen LogP contribution in [0.25, 0.3) is 0 Å². The van der Waals surface area contributed by atoms with Crippen molar-refractivity contribution in [1.29, 1.82) is 0 Å². The van der Waals surface area contributed by atoms with Crippen molar-refractivity contribution in [3.8, 4) is 0 Å². The van der Waals surface area contributed by atoms with Crippen LogP contribution in [0.2, 0.25) is 0 Å². The normalized spacial score (nSPS) is 12.1. The minimum absolute atomic E-state index is 0.275. The molecule has 0 aliphatic rings. The summed E-state index contributed by atoms with van der Waals surface area (Å²) in [6.07, 6.45) is -0.442. The monoisotopic (exact) mass is 374 g/mol. The van der Waals surface area contributed by atoms with Crippen LogP contribution >= 0.6 is 15.9 Å². The molecule has 0 aromatic heterocycles. The molecule has 0 aliphatic heterocycles. The number of hydrogen-bond acceptors (Lipinski definition) is 3. The Balaban J connectivity index is 2.47. The third-order valence-corrected chi connectivity index (χ3v) is 3.48. The SMILES string of the molecule is CC(C)(CNCc1ccc(F)cc1Br)NC(=O)OC(C)(C)C. The van der Waals surface area contributed by atoms with E-state index in [0.29, 0.717) is 13.1 Å². The molecule has 0 atom stereocenters. The van der Waals surface area contributed by atoms with Gasteiger partial charge in [0.05, 0.1) is 5.54 Å². The second kappa shape index (κ2) is 7.42. The van der Waals surface area contributed by atoms with Crippen LogP contribution in [-0.2, 0) is 11.3 Å². The topological polar surface area (TPSA) is 50.4 Å². The van der Waals surface area contributed by atoms with Crippen molar-refractivity contribution in [1.82, 2.24) is 10.6 Å². The van der Waals surface area contributed by atoms with E-state index in [1.165, 1.54) is 12.1 Å². The highest BCUT2D eigenvalue weighted by atomic mass is 79.9. The second-order valence-electron chi connectivity index (χ2n) is 6.85. The van der Waals surface area contributed by atoms with Gasteiger partial charge in [-0.3, -0.25) is 0 Å². The van der Waals surface area contributed by atoms with E-state index < -0.39 is 17.2 Å². The zero-order valence-electron chi connectivity index (χ0n) is 13.7. The summed E-state index contributed by atoms with van der Waals surface area (Å²) < 4.78 is 19.0. The molecule has 0 unspecified atom stereocenters. The van der Waals surface area contributed by atoms with Gasteiger partial charge in [0.15, 0.2) is 0 Å². The van der Waals surface area contributed by atoms with E-state index >= 15 is 0 Å². The Hall–Kier alpha value is -1.14. The summed E-state index contributed by atoms with van der Waals surface area (Å²) >= 11 is 3.33. The van der Waals surface area contributed by atoms with Gasteiger partial charge in [-0.05, 0) is 52.3 Å². The molecule has 0 aliphatic carbocycles. The van der Waals surface area contributed by atoms with Crippen LogP contribution in [0.5, 0.6) is 0 Å². The summed E-state index contributed by atoms with van der Waals surface area (Å²) in [4.78, 5) is 11.8. The van der Waals surface area contributed by atoms with Gasteiger partial charge >= 0.3 is 6.09 Å². The lowest BCUT2D eigenvalue weighted by molar-refractivity contribution is 0.0472. The first-order valence-corrected chi connectivity index (χ1v) is 7.94. The first-order valence-electron chi connectivity index (χ1n) is 7.14. The zero-order chi connectivity index (χ0) is 17.0. The fourth-order valence-corrected chi connectivity index (χ4v) is 2.29. The first-order chi connectivity index (χ1) is 9.98. The fourth-order valence-electron chi connectivity index (χ4n) is 1.80. The molecule has 1 aromatic carbocycles. The van der Waals surface area contributed by atoms with E-state index in [4.69, 9.17) is 4.74 Å². The number of nitrogens with one attached hydrogen (secondary N) is 2. The Morgan fingerprint density at radius 3 is 2.45 bits per heavy atom. The van der Waals surface area contributed by atoms with Gasteiger partial charge in [0.1, 0.15) is 11.4 Å². The van der Waals surface area contributed by atoms with E-state index in [9.17, 15) is 9.18 Å². The molecule has 1 amide bonds. The molecule has 0 fully saturated rings. The lowest BCUT2D eigenvalue weighted by atomic mass is 10.1. The van der Waals surface area contributed by atoms with Crippen molar-refractivity contribution < 1.29 is 13.9 Å². The molecule has 0 spiro atoms. The number of hydrogen-bond donors (Lipinski definition) is 2. The smallest absolute Gasteiger partial charge is 0.408 e. The summed E-state index contributed by atoms with van der Waals surface area (Å²) in [6.45, 7) is 10.4. The second-order valence-corrected chi connectivity index (χ2v) is 7.70. The minimum Gasteiger partial charge on any atom is -0.444 e. The quantitative estimate of drug-likeness (QED) is 0.819. The standard InChI is InChI=1S/C16H24BrFN2O2/c1-15(2,3)22-14(21)20-16(4,5)10-19-9-11-6-7-12(18)8-13(11)17/h6-8,19H,9-10H2,1-5H3,(H,20,21). The lowest BCUT2D eigenvalue weighted by Gasteiger charge is -2.29. The van der Waals surface area contributed by atoms with E-state index in [1.54, 1.807) is 6.07 Å². The maximum absolute atomic E-state index is 13.0. The molecule has 2 N–H and O–H groups in total. The van der Waals surface area contributed by atoms with Gasteiger partial charge in [0.2, 0.25) is 0 Å². The van der Waals surface area contributed by atoms with E-state index in [1.807, 2.05) is 34.6 Å². The van der Waals surface area contributed by atoms with Gasteiger partial charge in [0, 0.05) is 17.6 Å². The van der Waals surface area contributed by atoms with E-state index in [2.05, 4.69) is 26.6 Å². The van der Waals surface area contributed by atoms with E-state index in [0.717, 1.165) is 10.0 Å². The molecule has 1 rings (SSSR count). The summed E-state index contributed by atoms with van der Waals surface area (Å²) in [5.74, 6) is -0.275. The maximum atomic E-state index is 13.0. The number of amides is 1. The highest BCUT2D eigenvalue weighted by Gasteiger charge is 2.24. The van der Waals surface area contributed by atoms with Crippen LogP contribution in [0.3, 0.4) is 0 Å². The molecular weight excluding hydrogens is 351 g/mol. The Morgan fingerprint density at radius 1 is 1.27 bits per heavy atom. The molecule has 0 saturated carbocycles. The van der Waals surface area contributed by atoms with Crippen LogP contribution < -0.4 is 10.6 Å². The summed E-state index contributed by atoms with van der Waals surface area (Å²) in [7, 11) is 0. The highest BCUT2D eigenvalue weighted by Crippen LogP contribution is 2.18. The zero-order valence-corrected chi connectivity index (χ0v) is 15.3. The minimum atomic E-state index is -0.521. The molecule has 22 heavy (non-hydrogen) atoms. The van der Waals surface area contributed by atoms with Crippen LogP contribution in [0.15, 0.2) is 22.7 Å². The van der Waals surface area contributed by atoms with Gasteiger partial charge in [0.25, 0.3) is 0 Å². The van der Waals surface area contributed by atoms with Crippen molar-refractivity contribution in [2.45, 2.75) is 52.3 Å². The molecule has 4 nitrogen and oxygen atoms in total. The van der Waals surface area contributed by atoms with Gasteiger partial charge < -0.3 is 15.4 Å². The van der Waals surface area contributed by atoms with Crippen molar-refractivity contribution in [2.75, 3.05) is 6.54 Å². The van der Waals surface area contributed by atoms with Gasteiger partial charge in [-0.25, -0.2) is 9.18 Å². The predicted octanol–water partition coefficient (Wildman–Crippen LogP) is 3.98. The Morgan fingerprint density at radius 2 is 1.91 bits per heavy atom. The largest absolute Gasteiger partial charge is 0.444 e. The van der Waals surface area contributed by atoms with Crippen LogP contribution in [0.1, 0.15) is 40.2 Å². The van der Waals surface area contributed by atoms with Crippen molar-refractivity contribution in [3.05, 3.63) is 34.1 Å². The van der Waals surface area contributed by atoms with Crippen LogP contribution in [0, 0.1) is 5.82 Å². The molecule has 6 heteroatoms. The maximum Gasteiger partial charge on any atom is 0.408 e. The number of alkyl carbamates (subject to hydrolysis) is 1. The van der Waals surface area contributed by atoms with Gasteiger partial charge in [-0.15, -0.1) is 0 Å². The fraction of sp³-hybridized carbons (Fsp3) is 0.562. The number of benzene rings is 1. The van der Waals surface area contributed by atoms with Crippen molar-refractivity contribution >= 4 is 22.0 Å². The van der Waals surface area contributed by atoms with Crippen molar-refractivity contribution in [3.63, 3.8) is 0 Å². The third-order valence-electron chi connectivity index (χ3n) is 2.74. The first kappa shape index (κ1) is 18.9. The number of halogens is 2.